The summed E-state index contributed by atoms with van der Waals surface area (Å²) < 4.78 is 11.0. The van der Waals surface area contributed by atoms with E-state index in [-0.39, 0.29) is 22.8 Å². The van der Waals surface area contributed by atoms with Crippen molar-refractivity contribution in [1.82, 2.24) is 0 Å². The van der Waals surface area contributed by atoms with E-state index in [1.807, 2.05) is 0 Å². The van der Waals surface area contributed by atoms with E-state index >= 15 is 0 Å². The Labute approximate surface area is 193 Å². The molecular weight excluding hydrogens is 444 g/mol. The van der Waals surface area contributed by atoms with Gasteiger partial charge in [0.15, 0.2) is 11.5 Å². The van der Waals surface area contributed by atoms with Gasteiger partial charge >= 0.3 is 5.97 Å². The number of carbonyl (C=O) groups excluding carboxylic acids is 2. The Bertz CT molecular complexity index is 1200. The molecule has 0 saturated carbocycles. The minimum atomic E-state index is -1.16. The van der Waals surface area contributed by atoms with Gasteiger partial charge in [-0.1, -0.05) is 12.1 Å². The number of anilines is 2. The van der Waals surface area contributed by atoms with Crippen LogP contribution >= 0.6 is 11.8 Å². The molecule has 3 aromatic carbocycles. The zero-order chi connectivity index (χ0) is 23.2. The van der Waals surface area contributed by atoms with Gasteiger partial charge in [0.1, 0.15) is 13.2 Å². The molecule has 3 N–H and O–H groups in total. The van der Waals surface area contributed by atoms with Crippen LogP contribution in [0.1, 0.15) is 20.7 Å². The molecule has 0 unspecified atom stereocenters. The maximum absolute atomic E-state index is 12.5. The average molecular weight is 464 g/mol. The molecule has 1 aliphatic rings. The molecule has 0 aliphatic carbocycles. The van der Waals surface area contributed by atoms with Gasteiger partial charge in [0.2, 0.25) is 5.91 Å². The highest BCUT2D eigenvalue weighted by Gasteiger charge is 2.16. The zero-order valence-corrected chi connectivity index (χ0v) is 18.2. The fourth-order valence-corrected chi connectivity index (χ4v) is 3.87. The third kappa shape index (κ3) is 5.64. The summed E-state index contributed by atoms with van der Waals surface area (Å²) in [6, 6.07) is 18.2. The van der Waals surface area contributed by atoms with Gasteiger partial charge < -0.3 is 25.2 Å². The Morgan fingerprint density at radius 1 is 0.818 bits per heavy atom. The number of ether oxygens (including phenoxy) is 2. The van der Waals surface area contributed by atoms with Crippen molar-refractivity contribution in [3.63, 3.8) is 0 Å². The van der Waals surface area contributed by atoms with Gasteiger partial charge in [0, 0.05) is 22.3 Å². The zero-order valence-electron chi connectivity index (χ0n) is 17.4. The third-order valence-electron chi connectivity index (χ3n) is 4.71. The van der Waals surface area contributed by atoms with Crippen molar-refractivity contribution < 1.29 is 29.0 Å². The molecule has 3 aromatic rings. The standard InChI is InChI=1S/C24H20N2O6S/c27-22(25-16-7-10-20-21(13-16)32-12-11-31-20)14-33-17-8-5-15(6-9-17)26-23(28)18-3-1-2-4-19(18)24(29)30/h1-10,13H,11-12,14H2,(H,25,27)(H,26,28)(H,29,30). The number of rotatable bonds is 7. The lowest BCUT2D eigenvalue weighted by atomic mass is 10.1. The number of carboxylic acids is 1. The molecule has 0 atom stereocenters. The first kappa shape index (κ1) is 22.2. The van der Waals surface area contributed by atoms with Crippen LogP contribution in [-0.4, -0.2) is 41.9 Å². The number of thioether (sulfide) groups is 1. The topological polar surface area (TPSA) is 114 Å². The van der Waals surface area contributed by atoms with Crippen LogP contribution in [0.2, 0.25) is 0 Å². The van der Waals surface area contributed by atoms with E-state index in [9.17, 15) is 19.5 Å². The van der Waals surface area contributed by atoms with Crippen molar-refractivity contribution in [3.05, 3.63) is 77.9 Å². The van der Waals surface area contributed by atoms with Crippen LogP contribution in [0.3, 0.4) is 0 Å². The van der Waals surface area contributed by atoms with Crippen molar-refractivity contribution in [1.29, 1.82) is 0 Å². The lowest BCUT2D eigenvalue weighted by Gasteiger charge is -2.19. The maximum Gasteiger partial charge on any atom is 0.336 e. The van der Waals surface area contributed by atoms with Crippen LogP contribution in [-0.2, 0) is 4.79 Å². The molecule has 0 saturated heterocycles. The molecule has 0 aromatic heterocycles. The van der Waals surface area contributed by atoms with Gasteiger partial charge in [-0.3, -0.25) is 9.59 Å². The summed E-state index contributed by atoms with van der Waals surface area (Å²) in [5.41, 5.74) is 1.17. The van der Waals surface area contributed by atoms with Crippen molar-refractivity contribution in [3.8, 4) is 11.5 Å². The van der Waals surface area contributed by atoms with Gasteiger partial charge in [-0.2, -0.15) is 0 Å². The number of hydrogen-bond acceptors (Lipinski definition) is 6. The largest absolute Gasteiger partial charge is 0.486 e. The number of amides is 2. The number of fused-ring (bicyclic) bond motifs is 1. The number of aromatic carboxylic acids is 1. The monoisotopic (exact) mass is 464 g/mol. The van der Waals surface area contributed by atoms with Crippen LogP contribution in [0.4, 0.5) is 11.4 Å². The first-order valence-corrected chi connectivity index (χ1v) is 11.0. The fraction of sp³-hybridized carbons (Fsp3) is 0.125. The van der Waals surface area contributed by atoms with E-state index < -0.39 is 11.9 Å². The summed E-state index contributed by atoms with van der Waals surface area (Å²) >= 11 is 1.35. The van der Waals surface area contributed by atoms with Gasteiger partial charge in [0.25, 0.3) is 5.91 Å². The second-order valence-electron chi connectivity index (χ2n) is 7.02. The third-order valence-corrected chi connectivity index (χ3v) is 5.72. The van der Waals surface area contributed by atoms with Crippen LogP contribution in [0, 0.1) is 0 Å². The molecule has 1 aliphatic heterocycles. The number of carbonyl (C=O) groups is 3. The molecule has 4 rings (SSSR count). The number of benzene rings is 3. The summed E-state index contributed by atoms with van der Waals surface area (Å²) in [6.07, 6.45) is 0. The average Bonchev–Trinajstić information content (AvgIpc) is 2.83. The molecular formula is C24H20N2O6S. The highest BCUT2D eigenvalue weighted by Crippen LogP contribution is 2.32. The second-order valence-corrected chi connectivity index (χ2v) is 8.07. The molecule has 0 bridgehead atoms. The molecule has 0 fully saturated rings. The molecule has 168 valence electrons. The highest BCUT2D eigenvalue weighted by atomic mass is 32.2. The Hall–Kier alpha value is -3.98. The summed E-state index contributed by atoms with van der Waals surface area (Å²) in [4.78, 5) is 36.9. The summed E-state index contributed by atoms with van der Waals surface area (Å²) in [5.74, 6) is -0.372. The van der Waals surface area contributed by atoms with Crippen molar-refractivity contribution in [2.45, 2.75) is 4.90 Å². The van der Waals surface area contributed by atoms with Gasteiger partial charge in [-0.05, 0) is 48.5 Å². The SMILES string of the molecule is O=C(CSc1ccc(NC(=O)c2ccccc2C(=O)O)cc1)Nc1ccc2c(c1)OCCO2. The van der Waals surface area contributed by atoms with Crippen molar-refractivity contribution in [2.24, 2.45) is 0 Å². The molecule has 2 amide bonds. The van der Waals surface area contributed by atoms with Gasteiger partial charge in [-0.15, -0.1) is 11.8 Å². The van der Waals surface area contributed by atoms with Crippen molar-refractivity contribution >= 4 is 40.9 Å². The first-order valence-electron chi connectivity index (χ1n) is 10.1. The highest BCUT2D eigenvalue weighted by molar-refractivity contribution is 8.00. The Morgan fingerprint density at radius 2 is 1.48 bits per heavy atom. The predicted molar refractivity (Wildman–Crippen MR) is 125 cm³/mol. The van der Waals surface area contributed by atoms with E-state index in [1.165, 1.54) is 23.9 Å². The summed E-state index contributed by atoms with van der Waals surface area (Å²) in [5, 5.41) is 14.8. The van der Waals surface area contributed by atoms with Crippen LogP contribution in [0.25, 0.3) is 0 Å². The minimum absolute atomic E-state index is 0.0637. The van der Waals surface area contributed by atoms with Crippen LogP contribution in [0.15, 0.2) is 71.6 Å². The van der Waals surface area contributed by atoms with Crippen LogP contribution < -0.4 is 20.1 Å². The van der Waals surface area contributed by atoms with Crippen molar-refractivity contribution in [2.75, 3.05) is 29.6 Å². The molecule has 0 spiro atoms. The quantitative estimate of drug-likeness (QED) is 0.450. The van der Waals surface area contributed by atoms with Crippen LogP contribution in [0.5, 0.6) is 11.5 Å². The summed E-state index contributed by atoms with van der Waals surface area (Å²) in [6.45, 7) is 0.982. The van der Waals surface area contributed by atoms with Gasteiger partial charge in [0.05, 0.1) is 16.9 Å². The van der Waals surface area contributed by atoms with E-state index in [4.69, 9.17) is 9.47 Å². The molecule has 8 nitrogen and oxygen atoms in total. The minimum Gasteiger partial charge on any atom is -0.486 e. The Morgan fingerprint density at radius 3 is 2.21 bits per heavy atom. The number of nitrogens with one attached hydrogen (secondary N) is 2. The maximum atomic E-state index is 12.5. The Kier molecular flexibility index (Phi) is 6.80. The van der Waals surface area contributed by atoms with E-state index in [0.717, 1.165) is 4.90 Å². The number of hydrogen-bond donors (Lipinski definition) is 3. The lowest BCUT2D eigenvalue weighted by Crippen LogP contribution is -2.17. The molecule has 9 heteroatoms. The first-order chi connectivity index (χ1) is 16.0. The normalized spacial score (nSPS) is 12.0. The smallest absolute Gasteiger partial charge is 0.336 e. The fourth-order valence-electron chi connectivity index (χ4n) is 3.17. The molecule has 1 heterocycles. The summed E-state index contributed by atoms with van der Waals surface area (Å²) in [7, 11) is 0. The van der Waals surface area contributed by atoms with E-state index in [0.29, 0.717) is 36.1 Å². The van der Waals surface area contributed by atoms with E-state index in [1.54, 1.807) is 54.6 Å². The lowest BCUT2D eigenvalue weighted by molar-refractivity contribution is -0.113. The number of carboxylic acid groups (broad SMARTS) is 1. The molecule has 33 heavy (non-hydrogen) atoms. The van der Waals surface area contributed by atoms with E-state index in [2.05, 4.69) is 10.6 Å². The van der Waals surface area contributed by atoms with Gasteiger partial charge in [-0.25, -0.2) is 4.79 Å². The molecule has 0 radical (unpaired) electrons. The second kappa shape index (κ2) is 10.1. The predicted octanol–water partition coefficient (Wildman–Crippen LogP) is 4.14. The Balaban J connectivity index is 1.30.